The summed E-state index contributed by atoms with van der Waals surface area (Å²) in [7, 11) is 0. The summed E-state index contributed by atoms with van der Waals surface area (Å²) in [5.74, 6) is 0. The molecule has 0 aliphatic carbocycles. The summed E-state index contributed by atoms with van der Waals surface area (Å²) in [6.07, 6.45) is 0. The first-order valence-corrected chi connectivity index (χ1v) is 6.12. The first-order valence-electron chi connectivity index (χ1n) is 6.12. The van der Waals surface area contributed by atoms with Crippen molar-refractivity contribution in [3.05, 3.63) is 64.7 Å². The molecule has 0 unspecified atom stereocenters. The Bertz CT molecular complexity index is 540. The molecular formula is C16H17N. The van der Waals surface area contributed by atoms with Gasteiger partial charge in [0.2, 0.25) is 0 Å². The van der Waals surface area contributed by atoms with Crippen LogP contribution < -0.4 is 4.90 Å². The number of hydrogen-bond donors (Lipinski definition) is 0. The zero-order valence-electron chi connectivity index (χ0n) is 10.4. The van der Waals surface area contributed by atoms with Gasteiger partial charge in [0.15, 0.2) is 0 Å². The van der Waals surface area contributed by atoms with Crippen LogP contribution in [0.15, 0.2) is 42.5 Å². The van der Waals surface area contributed by atoms with Gasteiger partial charge < -0.3 is 4.90 Å². The lowest BCUT2D eigenvalue weighted by molar-refractivity contribution is 0.880. The highest BCUT2D eigenvalue weighted by Crippen LogP contribution is 2.28. The molecule has 0 saturated heterocycles. The smallest absolute Gasteiger partial charge is 0.0436 e. The molecule has 0 atom stereocenters. The lowest BCUT2D eigenvalue weighted by Gasteiger charge is -2.17. The van der Waals surface area contributed by atoms with Crippen molar-refractivity contribution in [2.24, 2.45) is 0 Å². The van der Waals surface area contributed by atoms with Crippen LogP contribution in [0.4, 0.5) is 5.69 Å². The minimum Gasteiger partial charge on any atom is -0.363 e. The number of rotatable bonds is 1. The molecule has 3 rings (SSSR count). The van der Waals surface area contributed by atoms with Crippen LogP contribution >= 0.6 is 0 Å². The van der Waals surface area contributed by atoms with E-state index in [1.807, 2.05) is 0 Å². The molecule has 0 amide bonds. The monoisotopic (exact) mass is 223 g/mol. The molecule has 2 aromatic rings. The molecule has 1 aliphatic heterocycles. The summed E-state index contributed by atoms with van der Waals surface area (Å²) in [5, 5.41) is 0. The molecule has 0 N–H and O–H groups in total. The van der Waals surface area contributed by atoms with Crippen LogP contribution in [0.3, 0.4) is 0 Å². The molecule has 86 valence electrons. The maximum absolute atomic E-state index is 2.43. The van der Waals surface area contributed by atoms with Gasteiger partial charge in [-0.3, -0.25) is 0 Å². The third-order valence-electron chi connectivity index (χ3n) is 3.48. The zero-order chi connectivity index (χ0) is 11.8. The Balaban J connectivity index is 1.88. The number of nitrogens with zero attached hydrogens (tertiary/aromatic N) is 1. The van der Waals surface area contributed by atoms with E-state index in [0.717, 1.165) is 13.1 Å². The van der Waals surface area contributed by atoms with Gasteiger partial charge in [-0.15, -0.1) is 0 Å². The summed E-state index contributed by atoms with van der Waals surface area (Å²) in [6.45, 7) is 6.37. The van der Waals surface area contributed by atoms with Crippen LogP contribution in [0.2, 0.25) is 0 Å². The van der Waals surface area contributed by atoms with Gasteiger partial charge in [-0.25, -0.2) is 0 Å². The van der Waals surface area contributed by atoms with E-state index in [4.69, 9.17) is 0 Å². The first kappa shape index (κ1) is 10.4. The van der Waals surface area contributed by atoms with Crippen LogP contribution in [0.1, 0.15) is 22.3 Å². The van der Waals surface area contributed by atoms with Crippen molar-refractivity contribution in [3.8, 4) is 0 Å². The first-order chi connectivity index (χ1) is 8.22. The van der Waals surface area contributed by atoms with E-state index in [2.05, 4.69) is 61.2 Å². The molecular weight excluding hydrogens is 206 g/mol. The van der Waals surface area contributed by atoms with E-state index < -0.39 is 0 Å². The predicted octanol–water partition coefficient (Wildman–Crippen LogP) is 3.82. The highest BCUT2D eigenvalue weighted by molar-refractivity contribution is 5.52. The fourth-order valence-electron chi connectivity index (χ4n) is 2.46. The second-order valence-electron chi connectivity index (χ2n) is 4.96. The van der Waals surface area contributed by atoms with Crippen LogP contribution in [-0.4, -0.2) is 0 Å². The Morgan fingerprint density at radius 3 is 2.18 bits per heavy atom. The maximum atomic E-state index is 2.43. The zero-order valence-corrected chi connectivity index (χ0v) is 10.4. The molecule has 0 fully saturated rings. The third kappa shape index (κ3) is 1.93. The second kappa shape index (κ2) is 3.92. The lowest BCUT2D eigenvalue weighted by atomic mass is 10.1. The quantitative estimate of drug-likeness (QED) is 0.710. The van der Waals surface area contributed by atoms with Gasteiger partial charge in [0.05, 0.1) is 0 Å². The third-order valence-corrected chi connectivity index (χ3v) is 3.48. The van der Waals surface area contributed by atoms with E-state index >= 15 is 0 Å². The van der Waals surface area contributed by atoms with E-state index in [1.54, 1.807) is 0 Å². The Hall–Kier alpha value is -1.76. The maximum Gasteiger partial charge on any atom is 0.0436 e. The lowest BCUT2D eigenvalue weighted by Crippen LogP contribution is -2.14. The van der Waals surface area contributed by atoms with Crippen LogP contribution in [0.5, 0.6) is 0 Å². The molecule has 0 bridgehead atoms. The molecule has 1 aliphatic rings. The fraction of sp³-hybridized carbons (Fsp3) is 0.250. The summed E-state index contributed by atoms with van der Waals surface area (Å²) in [4.78, 5) is 2.43. The summed E-state index contributed by atoms with van der Waals surface area (Å²) >= 11 is 0. The van der Waals surface area contributed by atoms with Gasteiger partial charge >= 0.3 is 0 Å². The van der Waals surface area contributed by atoms with Crippen LogP contribution in [0, 0.1) is 13.8 Å². The predicted molar refractivity (Wildman–Crippen MR) is 72.2 cm³/mol. The Labute approximate surface area is 103 Å². The van der Waals surface area contributed by atoms with Gasteiger partial charge in [0, 0.05) is 18.8 Å². The van der Waals surface area contributed by atoms with Crippen molar-refractivity contribution >= 4 is 5.69 Å². The molecule has 1 heteroatoms. The number of benzene rings is 2. The molecule has 0 radical (unpaired) electrons. The van der Waals surface area contributed by atoms with E-state index in [0.29, 0.717) is 0 Å². The van der Waals surface area contributed by atoms with Crippen molar-refractivity contribution in [2.45, 2.75) is 26.9 Å². The number of anilines is 1. The topological polar surface area (TPSA) is 3.24 Å². The van der Waals surface area contributed by atoms with Gasteiger partial charge in [-0.1, -0.05) is 41.5 Å². The summed E-state index contributed by atoms with van der Waals surface area (Å²) < 4.78 is 0. The molecule has 1 nitrogen and oxygen atoms in total. The highest BCUT2D eigenvalue weighted by atomic mass is 15.1. The van der Waals surface area contributed by atoms with Gasteiger partial charge in [0.1, 0.15) is 0 Å². The minimum atomic E-state index is 1.04. The SMILES string of the molecule is Cc1ccc(N2Cc3ccc(C)cc3C2)cc1. The Morgan fingerprint density at radius 2 is 1.41 bits per heavy atom. The van der Waals surface area contributed by atoms with Gasteiger partial charge in [0.25, 0.3) is 0 Å². The molecule has 1 heterocycles. The average molecular weight is 223 g/mol. The van der Waals surface area contributed by atoms with Crippen molar-refractivity contribution < 1.29 is 0 Å². The van der Waals surface area contributed by atoms with Crippen molar-refractivity contribution in [2.75, 3.05) is 4.90 Å². The summed E-state index contributed by atoms with van der Waals surface area (Å²) in [5.41, 5.74) is 6.95. The second-order valence-corrected chi connectivity index (χ2v) is 4.96. The highest BCUT2D eigenvalue weighted by Gasteiger charge is 2.18. The minimum absolute atomic E-state index is 1.04. The standard InChI is InChI=1S/C16H17N/c1-12-4-7-16(8-5-12)17-10-14-6-3-13(2)9-15(14)11-17/h3-9H,10-11H2,1-2H3. The molecule has 2 aromatic carbocycles. The van der Waals surface area contributed by atoms with Crippen molar-refractivity contribution in [3.63, 3.8) is 0 Å². The fourth-order valence-corrected chi connectivity index (χ4v) is 2.46. The number of aryl methyl sites for hydroxylation is 2. The van der Waals surface area contributed by atoms with E-state index in [9.17, 15) is 0 Å². The Kier molecular flexibility index (Phi) is 2.40. The largest absolute Gasteiger partial charge is 0.363 e. The van der Waals surface area contributed by atoms with Gasteiger partial charge in [-0.2, -0.15) is 0 Å². The molecule has 0 aromatic heterocycles. The normalized spacial score (nSPS) is 13.9. The van der Waals surface area contributed by atoms with Gasteiger partial charge in [-0.05, 0) is 37.1 Å². The summed E-state index contributed by atoms with van der Waals surface area (Å²) in [6, 6.07) is 15.6. The number of fused-ring (bicyclic) bond motifs is 1. The van der Waals surface area contributed by atoms with Crippen LogP contribution in [-0.2, 0) is 13.1 Å². The van der Waals surface area contributed by atoms with Crippen molar-refractivity contribution in [1.29, 1.82) is 0 Å². The average Bonchev–Trinajstić information content (AvgIpc) is 2.72. The number of hydrogen-bond acceptors (Lipinski definition) is 1. The Morgan fingerprint density at radius 1 is 0.765 bits per heavy atom. The van der Waals surface area contributed by atoms with Crippen LogP contribution in [0.25, 0.3) is 0 Å². The van der Waals surface area contributed by atoms with E-state index in [-0.39, 0.29) is 0 Å². The molecule has 0 saturated carbocycles. The molecule has 17 heavy (non-hydrogen) atoms. The molecule has 0 spiro atoms. The van der Waals surface area contributed by atoms with E-state index in [1.165, 1.54) is 27.9 Å². The van der Waals surface area contributed by atoms with Crippen molar-refractivity contribution in [1.82, 2.24) is 0 Å².